The van der Waals surface area contributed by atoms with E-state index in [1.165, 1.54) is 0 Å². The van der Waals surface area contributed by atoms with Crippen molar-refractivity contribution in [3.8, 4) is 0 Å². The van der Waals surface area contributed by atoms with Gasteiger partial charge in [0.15, 0.2) is 5.78 Å². The predicted octanol–water partition coefficient (Wildman–Crippen LogP) is 5.12. The minimum atomic E-state index is -0.479. The minimum Gasteiger partial charge on any atom is -0.515 e. The molecule has 2 aliphatic rings. The molecular formula is C26H25N3O2. The fourth-order valence-electron chi connectivity index (χ4n) is 5.47. The first kappa shape index (κ1) is 19.5. The van der Waals surface area contributed by atoms with Gasteiger partial charge in [0, 0.05) is 28.8 Å². The van der Waals surface area contributed by atoms with E-state index in [1.807, 2.05) is 61.7 Å². The molecule has 5 heteroatoms. The smallest absolute Gasteiger partial charge is 0.227 e. The molecule has 1 heterocycles. The molecule has 1 fully saturated rings. The van der Waals surface area contributed by atoms with E-state index in [0.717, 1.165) is 41.6 Å². The summed E-state index contributed by atoms with van der Waals surface area (Å²) in [6.45, 7) is 1.99. The van der Waals surface area contributed by atoms with Gasteiger partial charge < -0.3 is 10.4 Å². The number of fused-ring (bicyclic) bond motifs is 3. The lowest BCUT2D eigenvalue weighted by Crippen LogP contribution is -2.51. The molecule has 1 aromatic heterocycles. The number of anilines is 2. The van der Waals surface area contributed by atoms with Crippen molar-refractivity contribution in [3.05, 3.63) is 95.5 Å². The van der Waals surface area contributed by atoms with Crippen molar-refractivity contribution in [1.82, 2.24) is 9.97 Å². The van der Waals surface area contributed by atoms with Gasteiger partial charge in [-0.3, -0.25) is 4.79 Å². The zero-order valence-electron chi connectivity index (χ0n) is 17.5. The van der Waals surface area contributed by atoms with Gasteiger partial charge in [-0.15, -0.1) is 0 Å². The zero-order valence-corrected chi connectivity index (χ0v) is 17.5. The van der Waals surface area contributed by atoms with Crippen LogP contribution in [0.3, 0.4) is 0 Å². The molecule has 3 unspecified atom stereocenters. The maximum absolute atomic E-state index is 12.9. The number of nitrogens with zero attached hydrogens (tertiary/aromatic N) is 2. The van der Waals surface area contributed by atoms with E-state index in [4.69, 9.17) is 4.98 Å². The number of aromatic nitrogens is 2. The number of aliphatic hydroxyl groups excluding tert-OH is 1. The molecule has 5 rings (SSSR count). The normalized spacial score (nSPS) is 26.2. The fraction of sp³-hybridized carbons (Fsp3) is 0.269. The lowest BCUT2D eigenvalue weighted by molar-refractivity contribution is -0.123. The molecule has 31 heavy (non-hydrogen) atoms. The Labute approximate surface area is 181 Å². The summed E-state index contributed by atoms with van der Waals surface area (Å²) in [4.78, 5) is 22.5. The third kappa shape index (κ3) is 3.12. The SMILES string of the molecule is CC1C(=O)C(=CO)CC2(c3ccccc3)c3nc(Nc4ccccc4)ncc3CCC12. The second kappa shape index (κ2) is 7.65. The maximum Gasteiger partial charge on any atom is 0.227 e. The number of benzene rings is 2. The third-order valence-corrected chi connectivity index (χ3v) is 6.92. The summed E-state index contributed by atoms with van der Waals surface area (Å²) >= 11 is 0. The molecule has 3 aromatic rings. The van der Waals surface area contributed by atoms with Gasteiger partial charge in [0.05, 0.1) is 12.0 Å². The number of carbonyl (C=O) groups is 1. The molecule has 0 saturated heterocycles. The highest BCUT2D eigenvalue weighted by molar-refractivity contribution is 5.98. The van der Waals surface area contributed by atoms with E-state index < -0.39 is 5.41 Å². The fourth-order valence-corrected chi connectivity index (χ4v) is 5.47. The van der Waals surface area contributed by atoms with Crippen molar-refractivity contribution in [2.24, 2.45) is 11.8 Å². The molecule has 0 bridgehead atoms. The number of aryl methyl sites for hydroxylation is 1. The molecule has 0 aliphatic heterocycles. The van der Waals surface area contributed by atoms with Crippen LogP contribution < -0.4 is 5.32 Å². The van der Waals surface area contributed by atoms with Crippen LogP contribution in [0.1, 0.15) is 36.6 Å². The van der Waals surface area contributed by atoms with E-state index in [-0.39, 0.29) is 17.6 Å². The number of hydrogen-bond donors (Lipinski definition) is 2. The van der Waals surface area contributed by atoms with Gasteiger partial charge in [-0.1, -0.05) is 55.5 Å². The maximum atomic E-state index is 12.9. The number of allylic oxidation sites excluding steroid dienone is 1. The van der Waals surface area contributed by atoms with Crippen LogP contribution in [-0.4, -0.2) is 20.9 Å². The first-order valence-electron chi connectivity index (χ1n) is 10.7. The van der Waals surface area contributed by atoms with Crippen LogP contribution in [0.25, 0.3) is 0 Å². The Morgan fingerprint density at radius 3 is 2.52 bits per heavy atom. The quantitative estimate of drug-likeness (QED) is 0.462. The van der Waals surface area contributed by atoms with E-state index in [9.17, 15) is 9.90 Å². The molecule has 156 valence electrons. The van der Waals surface area contributed by atoms with Crippen molar-refractivity contribution >= 4 is 17.4 Å². The van der Waals surface area contributed by atoms with Crippen molar-refractivity contribution in [3.63, 3.8) is 0 Å². The average Bonchev–Trinajstić information content (AvgIpc) is 2.82. The number of hydrogen-bond acceptors (Lipinski definition) is 5. The average molecular weight is 412 g/mol. The van der Waals surface area contributed by atoms with Gasteiger partial charge in [0.25, 0.3) is 0 Å². The largest absolute Gasteiger partial charge is 0.515 e. The third-order valence-electron chi connectivity index (χ3n) is 6.92. The number of aliphatic hydroxyl groups is 1. The van der Waals surface area contributed by atoms with Crippen molar-refractivity contribution in [2.45, 2.75) is 31.6 Å². The monoisotopic (exact) mass is 411 g/mol. The highest BCUT2D eigenvalue weighted by Crippen LogP contribution is 2.55. The highest BCUT2D eigenvalue weighted by Gasteiger charge is 2.54. The standard InChI is InChI=1S/C26H25N3O2/c1-17-22-13-12-18-15-27-25(28-21-10-6-3-7-11-21)29-24(18)26(22,14-19(16-30)23(17)31)20-8-4-2-5-9-20/h2-11,15-17,22,30H,12-14H2,1H3,(H,27,28,29). The molecule has 0 amide bonds. The van der Waals surface area contributed by atoms with Gasteiger partial charge in [-0.2, -0.15) is 0 Å². The molecule has 0 spiro atoms. The predicted molar refractivity (Wildman–Crippen MR) is 120 cm³/mol. The minimum absolute atomic E-state index is 0.0409. The summed E-state index contributed by atoms with van der Waals surface area (Å²) in [5.74, 6) is 0.498. The van der Waals surface area contributed by atoms with Crippen LogP contribution in [0, 0.1) is 11.8 Å². The number of ketones is 1. The number of Topliss-reactive ketones (excluding diaryl/α,β-unsaturated/α-hetero) is 1. The van der Waals surface area contributed by atoms with Crippen LogP contribution in [0.4, 0.5) is 11.6 Å². The van der Waals surface area contributed by atoms with E-state index in [1.54, 1.807) is 0 Å². The van der Waals surface area contributed by atoms with Gasteiger partial charge in [0.1, 0.15) is 0 Å². The summed E-state index contributed by atoms with van der Waals surface area (Å²) in [5, 5.41) is 13.2. The topological polar surface area (TPSA) is 75.1 Å². The molecule has 3 atom stereocenters. The molecule has 2 N–H and O–H groups in total. The Morgan fingerprint density at radius 2 is 1.81 bits per heavy atom. The van der Waals surface area contributed by atoms with Crippen LogP contribution in [0.15, 0.2) is 78.7 Å². The molecule has 1 saturated carbocycles. The summed E-state index contributed by atoms with van der Waals surface area (Å²) in [6, 6.07) is 20.2. The van der Waals surface area contributed by atoms with Gasteiger partial charge in [-0.05, 0) is 48.4 Å². The van der Waals surface area contributed by atoms with Crippen molar-refractivity contribution < 1.29 is 9.90 Å². The Kier molecular flexibility index (Phi) is 4.81. The summed E-state index contributed by atoms with van der Waals surface area (Å²) < 4.78 is 0. The number of para-hydroxylation sites is 1. The number of carbonyl (C=O) groups excluding carboxylic acids is 1. The lowest BCUT2D eigenvalue weighted by Gasteiger charge is -2.50. The second-order valence-electron chi connectivity index (χ2n) is 8.53. The van der Waals surface area contributed by atoms with Crippen LogP contribution in [0.5, 0.6) is 0 Å². The highest BCUT2D eigenvalue weighted by atomic mass is 16.2. The molecule has 2 aromatic carbocycles. The summed E-state index contributed by atoms with van der Waals surface area (Å²) in [5.41, 5.74) is 4.11. The van der Waals surface area contributed by atoms with E-state index in [0.29, 0.717) is 17.9 Å². The van der Waals surface area contributed by atoms with Gasteiger partial charge in [0.2, 0.25) is 5.95 Å². The first-order chi connectivity index (χ1) is 15.1. The lowest BCUT2D eigenvalue weighted by atomic mass is 9.52. The molecule has 0 radical (unpaired) electrons. The van der Waals surface area contributed by atoms with Gasteiger partial charge in [-0.25, -0.2) is 9.97 Å². The molecular weight excluding hydrogens is 386 g/mol. The summed E-state index contributed by atoms with van der Waals surface area (Å²) in [6.07, 6.45) is 5.09. The van der Waals surface area contributed by atoms with Gasteiger partial charge >= 0.3 is 0 Å². The number of rotatable bonds is 3. The molecule has 5 nitrogen and oxygen atoms in total. The second-order valence-corrected chi connectivity index (χ2v) is 8.53. The molecule has 2 aliphatic carbocycles. The van der Waals surface area contributed by atoms with Crippen LogP contribution >= 0.6 is 0 Å². The van der Waals surface area contributed by atoms with Crippen LogP contribution in [-0.2, 0) is 16.6 Å². The van der Waals surface area contributed by atoms with Crippen molar-refractivity contribution in [1.29, 1.82) is 0 Å². The van der Waals surface area contributed by atoms with Crippen LogP contribution in [0.2, 0.25) is 0 Å². The Bertz CT molecular complexity index is 1140. The summed E-state index contributed by atoms with van der Waals surface area (Å²) in [7, 11) is 0. The Hall–Kier alpha value is -3.47. The van der Waals surface area contributed by atoms with E-state index in [2.05, 4.69) is 22.4 Å². The number of nitrogens with one attached hydrogen (secondary N) is 1. The zero-order chi connectivity index (χ0) is 21.4. The van der Waals surface area contributed by atoms with Crippen molar-refractivity contribution in [2.75, 3.05) is 5.32 Å². The Balaban J connectivity index is 1.70. The Morgan fingerprint density at radius 1 is 1.10 bits per heavy atom. The van der Waals surface area contributed by atoms with E-state index >= 15 is 0 Å². The first-order valence-corrected chi connectivity index (χ1v) is 10.7.